The van der Waals surface area contributed by atoms with Gasteiger partial charge in [-0.05, 0) is 30.2 Å². The summed E-state index contributed by atoms with van der Waals surface area (Å²) < 4.78 is 76.2. The van der Waals surface area contributed by atoms with E-state index in [1.54, 1.807) is 0 Å². The lowest BCUT2D eigenvalue weighted by atomic mass is 10.0. The number of carbonyl (C=O) groups excluding carboxylic acids is 2. The molecule has 13 heteroatoms. The molecule has 1 aromatic heterocycles. The SMILES string of the molecule is CS(=O)(=O)CC[C@H]1C(=O)N(c2ncc(Cl)cc2F)CC(=O)N1Cc1ccc(C(F)(F)F)cc1. The zero-order valence-electron chi connectivity index (χ0n) is 17.1. The van der Waals surface area contributed by atoms with E-state index >= 15 is 0 Å². The van der Waals surface area contributed by atoms with Gasteiger partial charge in [-0.15, -0.1) is 0 Å². The number of rotatable bonds is 6. The quantitative estimate of drug-likeness (QED) is 0.561. The third kappa shape index (κ3) is 5.99. The molecule has 0 bridgehead atoms. The summed E-state index contributed by atoms with van der Waals surface area (Å²) in [5, 5.41) is -0.0235. The van der Waals surface area contributed by atoms with Crippen molar-refractivity contribution in [2.45, 2.75) is 25.2 Å². The molecular formula is C20H18ClF4N3O4S. The normalized spacial score (nSPS) is 17.6. The van der Waals surface area contributed by atoms with Crippen molar-refractivity contribution in [3.05, 3.63) is 58.5 Å². The fraction of sp³-hybridized carbons (Fsp3) is 0.350. The first-order valence-corrected chi connectivity index (χ1v) is 12.0. The number of aromatic nitrogens is 1. The lowest BCUT2D eigenvalue weighted by Gasteiger charge is -2.40. The van der Waals surface area contributed by atoms with E-state index in [4.69, 9.17) is 11.6 Å². The van der Waals surface area contributed by atoms with Crippen LogP contribution in [0.5, 0.6) is 0 Å². The van der Waals surface area contributed by atoms with Gasteiger partial charge in [0.2, 0.25) is 5.91 Å². The molecule has 7 nitrogen and oxygen atoms in total. The lowest BCUT2D eigenvalue weighted by molar-refractivity contribution is -0.144. The number of anilines is 1. The van der Waals surface area contributed by atoms with E-state index in [1.165, 1.54) is 12.1 Å². The van der Waals surface area contributed by atoms with Gasteiger partial charge in [-0.25, -0.2) is 17.8 Å². The summed E-state index contributed by atoms with van der Waals surface area (Å²) in [6, 6.07) is 3.65. The summed E-state index contributed by atoms with van der Waals surface area (Å²) in [7, 11) is -3.52. The molecule has 0 unspecified atom stereocenters. The number of hydrogen-bond donors (Lipinski definition) is 0. The Balaban J connectivity index is 1.92. The van der Waals surface area contributed by atoms with Crippen LogP contribution in [0.4, 0.5) is 23.4 Å². The van der Waals surface area contributed by atoms with Gasteiger partial charge in [0.05, 0.1) is 16.3 Å². The maximum atomic E-state index is 14.4. The second-order valence-corrected chi connectivity index (χ2v) is 10.2. The first kappa shape index (κ1) is 24.9. The van der Waals surface area contributed by atoms with Crippen LogP contribution in [0.3, 0.4) is 0 Å². The maximum Gasteiger partial charge on any atom is 0.416 e. The van der Waals surface area contributed by atoms with Gasteiger partial charge in [0.15, 0.2) is 11.6 Å². The van der Waals surface area contributed by atoms with Gasteiger partial charge in [0.1, 0.15) is 22.4 Å². The molecule has 1 aliphatic heterocycles. The third-order valence-electron chi connectivity index (χ3n) is 4.98. The Morgan fingerprint density at radius 2 is 1.82 bits per heavy atom. The van der Waals surface area contributed by atoms with Gasteiger partial charge in [0, 0.05) is 19.0 Å². The molecular weight excluding hydrogens is 490 g/mol. The molecule has 1 atom stereocenters. The number of alkyl halides is 3. The predicted molar refractivity (Wildman–Crippen MR) is 112 cm³/mol. The molecule has 1 saturated heterocycles. The highest BCUT2D eigenvalue weighted by atomic mass is 35.5. The number of pyridine rings is 1. The number of hydrogen-bond acceptors (Lipinski definition) is 5. The largest absolute Gasteiger partial charge is 0.416 e. The van der Waals surface area contributed by atoms with Gasteiger partial charge in [-0.2, -0.15) is 13.2 Å². The zero-order chi connectivity index (χ0) is 24.6. The topological polar surface area (TPSA) is 87.6 Å². The number of nitrogens with zero attached hydrogens (tertiary/aromatic N) is 3. The molecule has 1 aromatic carbocycles. The van der Waals surface area contributed by atoms with Crippen LogP contribution in [0.1, 0.15) is 17.5 Å². The Kier molecular flexibility index (Phi) is 6.99. The van der Waals surface area contributed by atoms with Crippen LogP contribution < -0.4 is 4.90 Å². The fourth-order valence-electron chi connectivity index (χ4n) is 3.38. The van der Waals surface area contributed by atoms with Crippen LogP contribution in [0.15, 0.2) is 36.5 Å². The minimum atomic E-state index is -4.54. The van der Waals surface area contributed by atoms with Crippen LogP contribution in [-0.4, -0.2) is 54.7 Å². The van der Waals surface area contributed by atoms with Crippen molar-refractivity contribution in [2.24, 2.45) is 0 Å². The van der Waals surface area contributed by atoms with Crippen molar-refractivity contribution in [3.8, 4) is 0 Å². The Bertz CT molecular complexity index is 1170. The monoisotopic (exact) mass is 507 g/mol. The van der Waals surface area contributed by atoms with Crippen molar-refractivity contribution < 1.29 is 35.6 Å². The number of halogens is 5. The van der Waals surface area contributed by atoms with Crippen molar-refractivity contribution in [3.63, 3.8) is 0 Å². The van der Waals surface area contributed by atoms with Crippen molar-refractivity contribution in [1.82, 2.24) is 9.88 Å². The molecule has 2 aromatic rings. The Hall–Kier alpha value is -2.73. The number of benzene rings is 1. The highest BCUT2D eigenvalue weighted by Gasteiger charge is 2.41. The van der Waals surface area contributed by atoms with E-state index in [9.17, 15) is 35.6 Å². The summed E-state index contributed by atoms with van der Waals surface area (Å²) >= 11 is 5.68. The standard InChI is InChI=1S/C20H18ClF4N3O4S/c1-33(31,32)7-6-16-19(30)28(18-15(22)8-14(21)9-26-18)11-17(29)27(16)10-12-2-4-13(5-3-12)20(23,24)25/h2-5,8-9,16H,6-7,10-11H2,1H3/t16-/m0/s1. The van der Waals surface area contributed by atoms with E-state index < -0.39 is 63.4 Å². The zero-order valence-corrected chi connectivity index (χ0v) is 18.7. The molecule has 3 rings (SSSR count). The van der Waals surface area contributed by atoms with E-state index in [2.05, 4.69) is 4.98 Å². The molecule has 0 saturated carbocycles. The summed E-state index contributed by atoms with van der Waals surface area (Å²) in [6.45, 7) is -0.818. The molecule has 2 amide bonds. The first-order valence-electron chi connectivity index (χ1n) is 9.52. The minimum absolute atomic E-state index is 0.0235. The van der Waals surface area contributed by atoms with Gasteiger partial charge < -0.3 is 4.90 Å². The van der Waals surface area contributed by atoms with Crippen LogP contribution in [0.25, 0.3) is 0 Å². The van der Waals surface area contributed by atoms with Crippen LogP contribution >= 0.6 is 11.6 Å². The highest BCUT2D eigenvalue weighted by Crippen LogP contribution is 2.30. The molecule has 1 fully saturated rings. The molecule has 2 heterocycles. The molecule has 1 aliphatic rings. The Labute approximate surface area is 191 Å². The van der Waals surface area contributed by atoms with Gasteiger partial charge >= 0.3 is 6.18 Å². The molecule has 0 radical (unpaired) electrons. The summed E-state index contributed by atoms with van der Waals surface area (Å²) in [5.74, 6) is -3.23. The van der Waals surface area contributed by atoms with E-state index in [0.717, 1.165) is 40.5 Å². The van der Waals surface area contributed by atoms with Gasteiger partial charge in [-0.3, -0.25) is 14.5 Å². The first-order chi connectivity index (χ1) is 15.3. The highest BCUT2D eigenvalue weighted by molar-refractivity contribution is 7.90. The van der Waals surface area contributed by atoms with E-state index in [1.807, 2.05) is 0 Å². The lowest BCUT2D eigenvalue weighted by Crippen LogP contribution is -2.60. The minimum Gasteiger partial charge on any atom is -0.325 e. The second kappa shape index (κ2) is 9.26. The average molecular weight is 508 g/mol. The maximum absolute atomic E-state index is 14.4. The van der Waals surface area contributed by atoms with E-state index in [0.29, 0.717) is 5.56 Å². The number of sulfone groups is 1. The molecule has 0 aliphatic carbocycles. The summed E-state index contributed by atoms with van der Waals surface area (Å²) in [6.07, 6.45) is -2.77. The van der Waals surface area contributed by atoms with Gasteiger partial charge in [0.25, 0.3) is 5.91 Å². The second-order valence-electron chi connectivity index (χ2n) is 7.53. The van der Waals surface area contributed by atoms with Crippen LogP contribution in [0.2, 0.25) is 5.02 Å². The molecule has 178 valence electrons. The van der Waals surface area contributed by atoms with E-state index in [-0.39, 0.29) is 18.0 Å². The van der Waals surface area contributed by atoms with Crippen molar-refractivity contribution >= 4 is 39.1 Å². The Morgan fingerprint density at radius 3 is 2.36 bits per heavy atom. The third-order valence-corrected chi connectivity index (χ3v) is 6.17. The number of amides is 2. The number of carbonyl (C=O) groups is 2. The summed E-state index contributed by atoms with van der Waals surface area (Å²) in [4.78, 5) is 31.7. The average Bonchev–Trinajstić information content (AvgIpc) is 2.69. The van der Waals surface area contributed by atoms with Crippen LogP contribution in [-0.2, 0) is 32.1 Å². The number of piperazine rings is 1. The molecule has 0 spiro atoms. The molecule has 0 N–H and O–H groups in total. The fourth-order valence-corrected chi connectivity index (χ4v) is 4.17. The summed E-state index contributed by atoms with van der Waals surface area (Å²) in [5.41, 5.74) is -0.575. The molecule has 33 heavy (non-hydrogen) atoms. The predicted octanol–water partition coefficient (Wildman–Crippen LogP) is 3.07. The van der Waals surface area contributed by atoms with Crippen molar-refractivity contribution in [2.75, 3.05) is 23.5 Å². The Morgan fingerprint density at radius 1 is 1.18 bits per heavy atom. The van der Waals surface area contributed by atoms with Crippen LogP contribution in [0, 0.1) is 5.82 Å². The van der Waals surface area contributed by atoms with Gasteiger partial charge in [-0.1, -0.05) is 23.7 Å². The van der Waals surface area contributed by atoms with Crippen molar-refractivity contribution in [1.29, 1.82) is 0 Å². The smallest absolute Gasteiger partial charge is 0.325 e.